The lowest BCUT2D eigenvalue weighted by Crippen LogP contribution is -2.27. The zero-order chi connectivity index (χ0) is 29.2. The molecule has 40 heavy (non-hydrogen) atoms. The third-order valence-electron chi connectivity index (χ3n) is 6.04. The number of aliphatic imine (C=N–C) groups is 1. The van der Waals surface area contributed by atoms with Crippen LogP contribution in [0, 0.1) is 12.7 Å². The smallest absolute Gasteiger partial charge is 0.275 e. The topological polar surface area (TPSA) is 75.5 Å². The second kappa shape index (κ2) is 14.1. The van der Waals surface area contributed by atoms with Crippen LogP contribution in [0.2, 0.25) is 0 Å². The molecule has 0 unspecified atom stereocenters. The normalized spacial score (nSPS) is 12.4. The number of ketones is 1. The van der Waals surface area contributed by atoms with Crippen LogP contribution >= 0.6 is 0 Å². The van der Waals surface area contributed by atoms with Gasteiger partial charge in [-0.3, -0.25) is 14.6 Å². The van der Waals surface area contributed by atoms with E-state index in [9.17, 15) is 14.0 Å². The summed E-state index contributed by atoms with van der Waals surface area (Å²) in [6, 6.07) is 17.0. The summed E-state index contributed by atoms with van der Waals surface area (Å²) in [4.78, 5) is 31.5. The number of aryl methyl sites for hydroxylation is 1. The van der Waals surface area contributed by atoms with Gasteiger partial charge in [-0.15, -0.1) is 0 Å². The summed E-state index contributed by atoms with van der Waals surface area (Å²) in [7, 11) is 1.86. The zero-order valence-corrected chi connectivity index (χ0v) is 23.8. The SMILES string of the molecule is C=C(C)N=C(/C=C(\C)Cn1c(-c2cccc(C)c2)ccc(NC(=CCC)CNC)c1=O)C(=O)c1ccc(F)cc1. The highest BCUT2D eigenvalue weighted by atomic mass is 19.1. The molecule has 0 spiro atoms. The Labute approximate surface area is 235 Å². The molecule has 0 aliphatic rings. The average Bonchev–Trinajstić information content (AvgIpc) is 2.90. The van der Waals surface area contributed by atoms with E-state index in [0.717, 1.165) is 34.5 Å². The molecule has 0 aliphatic heterocycles. The summed E-state index contributed by atoms with van der Waals surface area (Å²) in [5.41, 5.74) is 5.59. The maximum Gasteiger partial charge on any atom is 0.275 e. The summed E-state index contributed by atoms with van der Waals surface area (Å²) in [6.45, 7) is 12.2. The summed E-state index contributed by atoms with van der Waals surface area (Å²) in [6.07, 6.45) is 4.53. The molecule has 1 aromatic heterocycles. The number of allylic oxidation sites excluding steroid dienone is 4. The molecule has 0 aliphatic carbocycles. The Balaban J connectivity index is 2.09. The number of rotatable bonds is 12. The fourth-order valence-corrected chi connectivity index (χ4v) is 4.30. The van der Waals surface area contributed by atoms with Gasteiger partial charge in [0.15, 0.2) is 0 Å². The van der Waals surface area contributed by atoms with Crippen molar-refractivity contribution in [2.45, 2.75) is 40.7 Å². The van der Waals surface area contributed by atoms with Gasteiger partial charge in [-0.25, -0.2) is 4.39 Å². The van der Waals surface area contributed by atoms with Crippen LogP contribution in [0.5, 0.6) is 0 Å². The Kier molecular flexibility index (Phi) is 10.7. The number of hydrogen-bond donors (Lipinski definition) is 2. The van der Waals surface area contributed by atoms with Gasteiger partial charge >= 0.3 is 0 Å². The molecular weight excluding hydrogens is 503 g/mol. The van der Waals surface area contributed by atoms with Crippen molar-refractivity contribution in [1.82, 2.24) is 9.88 Å². The monoisotopic (exact) mass is 540 g/mol. The number of benzene rings is 2. The minimum atomic E-state index is -0.426. The van der Waals surface area contributed by atoms with Crippen LogP contribution in [0.1, 0.15) is 43.1 Å². The van der Waals surface area contributed by atoms with Crippen molar-refractivity contribution in [2.75, 3.05) is 18.9 Å². The molecule has 0 radical (unpaired) electrons. The molecular formula is C33H37FN4O2. The second-order valence-corrected chi connectivity index (χ2v) is 9.74. The van der Waals surface area contributed by atoms with Gasteiger partial charge in [-0.1, -0.05) is 48.9 Å². The largest absolute Gasteiger partial charge is 0.354 e. The molecule has 2 N–H and O–H groups in total. The third-order valence-corrected chi connectivity index (χ3v) is 6.04. The Morgan fingerprint density at radius 3 is 2.45 bits per heavy atom. The van der Waals surface area contributed by atoms with Crippen molar-refractivity contribution < 1.29 is 9.18 Å². The van der Waals surface area contributed by atoms with Gasteiger partial charge in [-0.2, -0.15) is 0 Å². The molecule has 3 rings (SSSR count). The molecule has 0 saturated heterocycles. The Morgan fingerprint density at radius 2 is 1.82 bits per heavy atom. The highest BCUT2D eigenvalue weighted by Crippen LogP contribution is 2.22. The number of anilines is 1. The number of nitrogens with zero attached hydrogens (tertiary/aromatic N) is 2. The molecule has 208 valence electrons. The number of carbonyl (C=O) groups is 1. The first-order valence-electron chi connectivity index (χ1n) is 13.3. The quantitative estimate of drug-likeness (QED) is 0.198. The number of halogens is 1. The summed E-state index contributed by atoms with van der Waals surface area (Å²) in [5.74, 6) is -0.782. The van der Waals surface area contributed by atoms with Crippen molar-refractivity contribution in [2.24, 2.45) is 4.99 Å². The summed E-state index contributed by atoms with van der Waals surface area (Å²) >= 11 is 0. The molecule has 0 atom stereocenters. The molecule has 3 aromatic rings. The van der Waals surface area contributed by atoms with Crippen LogP contribution in [0.3, 0.4) is 0 Å². The lowest BCUT2D eigenvalue weighted by atomic mass is 10.0. The van der Waals surface area contributed by atoms with Crippen LogP contribution in [0.4, 0.5) is 10.1 Å². The highest BCUT2D eigenvalue weighted by Gasteiger charge is 2.16. The summed E-state index contributed by atoms with van der Waals surface area (Å²) in [5, 5.41) is 6.41. The number of nitrogens with one attached hydrogen (secondary N) is 2. The number of carbonyl (C=O) groups excluding carboxylic acids is 1. The standard InChI is InChI=1S/C33H37FN4O2/c1-7-9-28(20-35-6)37-29-16-17-31(26-11-8-10-23(4)18-26)38(33(29)40)21-24(5)19-30(36-22(2)3)32(39)25-12-14-27(34)15-13-25/h8-19,35,37H,2,7,20-21H2,1,3-6H3/b24-19+,28-9?,36-30?. The first-order valence-corrected chi connectivity index (χ1v) is 13.3. The molecule has 0 bridgehead atoms. The van der Waals surface area contributed by atoms with Crippen LogP contribution in [-0.4, -0.2) is 29.7 Å². The maximum atomic E-state index is 13.9. The fraction of sp³-hybridized carbons (Fsp3) is 0.242. The second-order valence-electron chi connectivity index (χ2n) is 9.74. The van der Waals surface area contributed by atoms with Gasteiger partial charge in [0.25, 0.3) is 5.56 Å². The first-order chi connectivity index (χ1) is 19.1. The maximum absolute atomic E-state index is 13.9. The van der Waals surface area contributed by atoms with Crippen molar-refractivity contribution in [3.8, 4) is 11.3 Å². The highest BCUT2D eigenvalue weighted by molar-refractivity contribution is 6.50. The number of Topliss-reactive ketones (excluding diaryl/α,β-unsaturated/α-hetero) is 1. The van der Waals surface area contributed by atoms with Gasteiger partial charge < -0.3 is 15.2 Å². The number of likely N-dealkylation sites (N-methyl/N-ethyl adjacent to an activating group) is 1. The minimum Gasteiger partial charge on any atom is -0.354 e. The van der Waals surface area contributed by atoms with E-state index < -0.39 is 5.82 Å². The lowest BCUT2D eigenvalue weighted by Gasteiger charge is -2.18. The third kappa shape index (κ3) is 8.07. The molecule has 0 amide bonds. The molecule has 0 fully saturated rings. The van der Waals surface area contributed by atoms with E-state index in [4.69, 9.17) is 0 Å². The molecule has 6 nitrogen and oxygen atoms in total. The fourth-order valence-electron chi connectivity index (χ4n) is 4.30. The van der Waals surface area contributed by atoms with E-state index >= 15 is 0 Å². The Hall–Kier alpha value is -4.36. The molecule has 7 heteroatoms. The van der Waals surface area contributed by atoms with Crippen LogP contribution in [-0.2, 0) is 6.54 Å². The van der Waals surface area contributed by atoms with E-state index in [0.29, 0.717) is 23.5 Å². The van der Waals surface area contributed by atoms with E-state index in [1.54, 1.807) is 23.6 Å². The van der Waals surface area contributed by atoms with Crippen molar-refractivity contribution in [1.29, 1.82) is 0 Å². The average molecular weight is 541 g/mol. The number of pyridine rings is 1. The van der Waals surface area contributed by atoms with Crippen molar-refractivity contribution in [3.05, 3.63) is 124 Å². The van der Waals surface area contributed by atoms with E-state index in [-0.39, 0.29) is 23.6 Å². The van der Waals surface area contributed by atoms with Gasteiger partial charge in [0.2, 0.25) is 5.78 Å². The lowest BCUT2D eigenvalue weighted by molar-refractivity contribution is 0.106. The summed E-state index contributed by atoms with van der Waals surface area (Å²) < 4.78 is 15.1. The Bertz CT molecular complexity index is 1530. The van der Waals surface area contributed by atoms with E-state index in [1.165, 1.54) is 24.3 Å². The Morgan fingerprint density at radius 1 is 1.10 bits per heavy atom. The van der Waals surface area contributed by atoms with Crippen molar-refractivity contribution >= 4 is 17.2 Å². The van der Waals surface area contributed by atoms with E-state index in [1.807, 2.05) is 64.2 Å². The van der Waals surface area contributed by atoms with Gasteiger partial charge in [0.05, 0.1) is 5.69 Å². The van der Waals surface area contributed by atoms with Gasteiger partial charge in [0, 0.05) is 30.0 Å². The predicted molar refractivity (Wildman–Crippen MR) is 164 cm³/mol. The number of aromatic nitrogens is 1. The van der Waals surface area contributed by atoms with E-state index in [2.05, 4.69) is 22.2 Å². The zero-order valence-electron chi connectivity index (χ0n) is 23.8. The first kappa shape index (κ1) is 30.2. The molecule has 0 saturated carbocycles. The van der Waals surface area contributed by atoms with Crippen LogP contribution < -0.4 is 16.2 Å². The molecule has 1 heterocycles. The van der Waals surface area contributed by atoms with Gasteiger partial charge in [0.1, 0.15) is 17.2 Å². The van der Waals surface area contributed by atoms with Crippen molar-refractivity contribution in [3.63, 3.8) is 0 Å². The number of hydrogen-bond acceptors (Lipinski definition) is 5. The van der Waals surface area contributed by atoms with Gasteiger partial charge in [-0.05, 0) is 88.3 Å². The molecule has 2 aromatic carbocycles. The van der Waals surface area contributed by atoms with Crippen LogP contribution in [0.15, 0.2) is 106 Å². The predicted octanol–water partition coefficient (Wildman–Crippen LogP) is 6.69. The minimum absolute atomic E-state index is 0.165. The van der Waals surface area contributed by atoms with Crippen LogP contribution in [0.25, 0.3) is 11.3 Å².